The van der Waals surface area contributed by atoms with Crippen LogP contribution in [-0.2, 0) is 19.2 Å². The highest BCUT2D eigenvalue weighted by Crippen LogP contribution is 2.55. The molecule has 7 heteroatoms. The van der Waals surface area contributed by atoms with Crippen LogP contribution in [0.5, 0.6) is 5.75 Å². The molecule has 1 aromatic carbocycles. The molecule has 4 amide bonds. The summed E-state index contributed by atoms with van der Waals surface area (Å²) < 4.78 is 0. The molecule has 0 radical (unpaired) electrons. The molecule has 2 aliphatic heterocycles. The fourth-order valence-electron chi connectivity index (χ4n) is 7.13. The maximum atomic E-state index is 13.2. The van der Waals surface area contributed by atoms with Crippen molar-refractivity contribution in [2.75, 3.05) is 9.80 Å². The SMILES string of the molecule is O=C1C2C3C=CC(C3)C2C(=O)N1c1ccc(O)c(N2C(=O)C3C4C=CC(C4)C3C2=O)c1. The zero-order valence-corrected chi connectivity index (χ0v) is 16.5. The number of rotatable bonds is 2. The topological polar surface area (TPSA) is 95.0 Å². The Hall–Kier alpha value is -3.22. The van der Waals surface area contributed by atoms with Gasteiger partial charge in [0, 0.05) is 0 Å². The quantitative estimate of drug-likeness (QED) is 0.588. The minimum Gasteiger partial charge on any atom is -0.506 e. The van der Waals surface area contributed by atoms with Crippen LogP contribution < -0.4 is 9.80 Å². The van der Waals surface area contributed by atoms with Crippen LogP contribution in [0.15, 0.2) is 42.5 Å². The standard InChI is InChI=1S/C24H20N2O5/c27-16-6-5-14(25-21(28)17-10-1-2-11(7-10)18(17)22(25)29)9-15(16)26-23(30)19-12-3-4-13(8-12)20(19)24(26)31/h1-6,9-13,17-20,27H,7-8H2. The van der Waals surface area contributed by atoms with Crippen molar-refractivity contribution in [2.24, 2.45) is 47.3 Å². The summed E-state index contributed by atoms with van der Waals surface area (Å²) in [6.07, 6.45) is 9.76. The smallest absolute Gasteiger partial charge is 0.238 e. The van der Waals surface area contributed by atoms with E-state index in [9.17, 15) is 24.3 Å². The molecule has 6 aliphatic rings. The Bertz CT molecular complexity index is 1110. The van der Waals surface area contributed by atoms with Crippen LogP contribution >= 0.6 is 0 Å². The number of carbonyl (C=O) groups excluding carboxylic acids is 4. The molecule has 156 valence electrons. The third kappa shape index (κ3) is 1.95. The van der Waals surface area contributed by atoms with Gasteiger partial charge in [0.05, 0.1) is 35.0 Å². The second-order valence-corrected chi connectivity index (χ2v) is 9.70. The fourth-order valence-corrected chi connectivity index (χ4v) is 7.13. The van der Waals surface area contributed by atoms with Gasteiger partial charge in [-0.1, -0.05) is 24.3 Å². The van der Waals surface area contributed by atoms with E-state index < -0.39 is 0 Å². The number of anilines is 2. The summed E-state index contributed by atoms with van der Waals surface area (Å²) in [5.41, 5.74) is 0.357. The van der Waals surface area contributed by atoms with E-state index in [1.165, 1.54) is 23.1 Å². The van der Waals surface area contributed by atoms with E-state index in [0.29, 0.717) is 5.69 Å². The number of phenols is 1. The lowest BCUT2D eigenvalue weighted by atomic mass is 9.85. The van der Waals surface area contributed by atoms with Gasteiger partial charge in [-0.15, -0.1) is 0 Å². The molecule has 0 spiro atoms. The molecule has 8 atom stereocenters. The summed E-state index contributed by atoms with van der Waals surface area (Å²) in [7, 11) is 0. The molecule has 4 bridgehead atoms. The van der Waals surface area contributed by atoms with Gasteiger partial charge in [0.15, 0.2) is 0 Å². The van der Waals surface area contributed by atoms with Crippen molar-refractivity contribution in [3.05, 3.63) is 42.5 Å². The molecule has 1 N–H and O–H groups in total. The van der Waals surface area contributed by atoms with Crippen molar-refractivity contribution in [1.82, 2.24) is 0 Å². The predicted octanol–water partition coefficient (Wildman–Crippen LogP) is 2.02. The van der Waals surface area contributed by atoms with Gasteiger partial charge in [-0.25, -0.2) is 9.80 Å². The van der Waals surface area contributed by atoms with Crippen molar-refractivity contribution in [3.8, 4) is 5.75 Å². The lowest BCUT2D eigenvalue weighted by Crippen LogP contribution is -2.35. The van der Waals surface area contributed by atoms with Crippen molar-refractivity contribution in [1.29, 1.82) is 0 Å². The highest BCUT2D eigenvalue weighted by molar-refractivity contribution is 6.25. The van der Waals surface area contributed by atoms with Gasteiger partial charge in [-0.3, -0.25) is 19.2 Å². The van der Waals surface area contributed by atoms with E-state index in [2.05, 4.69) is 0 Å². The number of carbonyl (C=O) groups is 4. The minimum atomic E-state index is -0.387. The van der Waals surface area contributed by atoms with Crippen LogP contribution in [0.1, 0.15) is 12.8 Å². The largest absolute Gasteiger partial charge is 0.506 e. The average Bonchev–Trinajstić information content (AvgIpc) is 3.57. The number of allylic oxidation sites excluding steroid dienone is 4. The third-order valence-corrected chi connectivity index (χ3v) is 8.40. The molecule has 7 rings (SSSR count). The van der Waals surface area contributed by atoms with Crippen LogP contribution in [-0.4, -0.2) is 28.7 Å². The van der Waals surface area contributed by atoms with Crippen LogP contribution in [0.25, 0.3) is 0 Å². The Labute approximate surface area is 178 Å². The van der Waals surface area contributed by atoms with E-state index in [4.69, 9.17) is 0 Å². The Kier molecular flexibility index (Phi) is 3.11. The monoisotopic (exact) mass is 416 g/mol. The molecule has 1 aromatic rings. The summed E-state index contributed by atoms with van der Waals surface area (Å²) in [4.78, 5) is 54.8. The first-order valence-corrected chi connectivity index (χ1v) is 10.9. The maximum absolute atomic E-state index is 13.2. The molecule has 4 fully saturated rings. The molecular weight excluding hydrogens is 396 g/mol. The molecule has 31 heavy (non-hydrogen) atoms. The fraction of sp³-hybridized carbons (Fsp3) is 0.417. The second-order valence-electron chi connectivity index (χ2n) is 9.70. The molecule has 2 saturated heterocycles. The molecule has 0 aromatic heterocycles. The lowest BCUT2D eigenvalue weighted by molar-refractivity contribution is -0.124. The van der Waals surface area contributed by atoms with Gasteiger partial charge in [-0.05, 0) is 54.7 Å². The number of nitrogens with zero attached hydrogens (tertiary/aromatic N) is 2. The minimum absolute atomic E-state index is 0.0556. The zero-order chi connectivity index (χ0) is 21.2. The molecule has 2 saturated carbocycles. The van der Waals surface area contributed by atoms with Gasteiger partial charge in [0.2, 0.25) is 23.6 Å². The number of hydrogen-bond acceptors (Lipinski definition) is 5. The van der Waals surface area contributed by atoms with Crippen LogP contribution in [0, 0.1) is 47.3 Å². The molecule has 8 unspecified atom stereocenters. The first-order chi connectivity index (χ1) is 15.0. The number of hydrogen-bond donors (Lipinski definition) is 1. The van der Waals surface area contributed by atoms with Gasteiger partial charge in [-0.2, -0.15) is 0 Å². The predicted molar refractivity (Wildman–Crippen MR) is 109 cm³/mol. The van der Waals surface area contributed by atoms with Gasteiger partial charge >= 0.3 is 0 Å². The molecule has 2 heterocycles. The van der Waals surface area contributed by atoms with Crippen molar-refractivity contribution < 1.29 is 24.3 Å². The van der Waals surface area contributed by atoms with E-state index in [1.807, 2.05) is 24.3 Å². The Morgan fingerprint density at radius 3 is 1.52 bits per heavy atom. The van der Waals surface area contributed by atoms with Gasteiger partial charge in [0.25, 0.3) is 0 Å². The highest BCUT2D eigenvalue weighted by Gasteiger charge is 2.61. The van der Waals surface area contributed by atoms with Crippen molar-refractivity contribution in [2.45, 2.75) is 12.8 Å². The van der Waals surface area contributed by atoms with Crippen molar-refractivity contribution >= 4 is 35.0 Å². The van der Waals surface area contributed by atoms with E-state index in [1.54, 1.807) is 0 Å². The number of fused-ring (bicyclic) bond motifs is 10. The van der Waals surface area contributed by atoms with Crippen LogP contribution in [0.2, 0.25) is 0 Å². The number of benzene rings is 1. The summed E-state index contributed by atoms with van der Waals surface area (Å²) in [6, 6.07) is 4.30. The van der Waals surface area contributed by atoms with E-state index >= 15 is 0 Å². The number of aromatic hydroxyl groups is 1. The maximum Gasteiger partial charge on any atom is 0.238 e. The number of imide groups is 2. The first kappa shape index (κ1) is 17.5. The molecular formula is C24H20N2O5. The molecule has 4 aliphatic carbocycles. The molecule has 7 nitrogen and oxygen atoms in total. The van der Waals surface area contributed by atoms with Gasteiger partial charge < -0.3 is 5.11 Å². The van der Waals surface area contributed by atoms with Crippen LogP contribution in [0.4, 0.5) is 11.4 Å². The highest BCUT2D eigenvalue weighted by atomic mass is 16.3. The van der Waals surface area contributed by atoms with E-state index in [0.717, 1.165) is 17.7 Å². The van der Waals surface area contributed by atoms with Crippen molar-refractivity contribution in [3.63, 3.8) is 0 Å². The Morgan fingerprint density at radius 2 is 1.06 bits per heavy atom. The second kappa shape index (κ2) is 5.52. The van der Waals surface area contributed by atoms with Crippen LogP contribution in [0.3, 0.4) is 0 Å². The number of phenolic OH excluding ortho intramolecular Hbond substituents is 1. The lowest BCUT2D eigenvalue weighted by Gasteiger charge is -2.22. The average molecular weight is 416 g/mol. The number of amides is 4. The summed E-state index contributed by atoms with van der Waals surface area (Å²) in [6.45, 7) is 0. The van der Waals surface area contributed by atoms with E-state index in [-0.39, 0.29) is 82.4 Å². The van der Waals surface area contributed by atoms with Gasteiger partial charge in [0.1, 0.15) is 5.75 Å². The zero-order valence-electron chi connectivity index (χ0n) is 16.5. The third-order valence-electron chi connectivity index (χ3n) is 8.40. The summed E-state index contributed by atoms with van der Waals surface area (Å²) in [5.74, 6) is -2.44. The Balaban J connectivity index is 1.27. The Morgan fingerprint density at radius 1 is 0.645 bits per heavy atom. The summed E-state index contributed by atoms with van der Waals surface area (Å²) >= 11 is 0. The normalized spacial score (nSPS) is 41.3. The first-order valence-electron chi connectivity index (χ1n) is 10.9. The summed E-state index contributed by atoms with van der Waals surface area (Å²) in [5, 5.41) is 10.5.